The Morgan fingerprint density at radius 1 is 1.13 bits per heavy atom. The zero-order chi connectivity index (χ0) is 21.1. The topological polar surface area (TPSA) is 85.2 Å². The first-order valence-corrected chi connectivity index (χ1v) is 11.2. The molecule has 3 aromatic rings. The van der Waals surface area contributed by atoms with Crippen LogP contribution in [0.15, 0.2) is 18.5 Å². The standard InChI is InChI=1S/C23H33N7/c1-4-8-16(2)11-20-27-21(24)23-26-15-19(30(23)28-20)13-18-12-17(3)22(25-14-18)29-9-6-5-7-10-29/h12,14-16H,4-11,13H2,1-3H3,(H2,24,27,28). The average molecular weight is 408 g/mol. The number of anilines is 2. The van der Waals surface area contributed by atoms with Gasteiger partial charge in [-0.3, -0.25) is 0 Å². The summed E-state index contributed by atoms with van der Waals surface area (Å²) in [4.78, 5) is 16.2. The number of nitrogen functional groups attached to an aromatic ring is 1. The van der Waals surface area contributed by atoms with Crippen molar-refractivity contribution in [2.24, 2.45) is 5.92 Å². The van der Waals surface area contributed by atoms with E-state index in [1.165, 1.54) is 24.8 Å². The first-order chi connectivity index (χ1) is 14.5. The van der Waals surface area contributed by atoms with Crippen LogP contribution in [0.2, 0.25) is 0 Å². The Labute approximate surface area is 178 Å². The lowest BCUT2D eigenvalue weighted by Gasteiger charge is -2.29. The molecule has 0 saturated carbocycles. The monoisotopic (exact) mass is 407 g/mol. The van der Waals surface area contributed by atoms with Gasteiger partial charge in [0.2, 0.25) is 0 Å². The second-order valence-corrected chi connectivity index (χ2v) is 8.70. The molecule has 0 aliphatic carbocycles. The minimum Gasteiger partial charge on any atom is -0.380 e. The number of aryl methyl sites for hydroxylation is 1. The zero-order valence-corrected chi connectivity index (χ0v) is 18.4. The summed E-state index contributed by atoms with van der Waals surface area (Å²) in [6.07, 6.45) is 11.6. The fraction of sp³-hybridized carbons (Fsp3) is 0.565. The molecular weight excluding hydrogens is 374 g/mol. The summed E-state index contributed by atoms with van der Waals surface area (Å²) in [5, 5.41) is 4.76. The van der Waals surface area contributed by atoms with E-state index in [2.05, 4.69) is 41.7 Å². The molecule has 0 bridgehead atoms. The number of rotatable bonds is 7. The normalized spacial score (nSPS) is 15.6. The highest BCUT2D eigenvalue weighted by atomic mass is 15.3. The number of nitrogens with zero attached hydrogens (tertiary/aromatic N) is 6. The van der Waals surface area contributed by atoms with E-state index < -0.39 is 0 Å². The van der Waals surface area contributed by atoms with Crippen molar-refractivity contribution in [1.82, 2.24) is 24.6 Å². The van der Waals surface area contributed by atoms with Gasteiger partial charge in [0.15, 0.2) is 17.3 Å². The van der Waals surface area contributed by atoms with Crippen molar-refractivity contribution >= 4 is 17.3 Å². The molecule has 1 atom stereocenters. The maximum atomic E-state index is 6.19. The minimum absolute atomic E-state index is 0.449. The van der Waals surface area contributed by atoms with Crippen LogP contribution in [0.3, 0.4) is 0 Å². The molecule has 7 nitrogen and oxygen atoms in total. The van der Waals surface area contributed by atoms with Crippen LogP contribution >= 0.6 is 0 Å². The van der Waals surface area contributed by atoms with E-state index in [1.54, 1.807) is 0 Å². The Morgan fingerprint density at radius 3 is 2.67 bits per heavy atom. The molecule has 1 aliphatic heterocycles. The molecule has 3 aromatic heterocycles. The lowest BCUT2D eigenvalue weighted by molar-refractivity contribution is 0.504. The summed E-state index contributed by atoms with van der Waals surface area (Å²) in [5.41, 5.74) is 10.2. The van der Waals surface area contributed by atoms with Gasteiger partial charge >= 0.3 is 0 Å². The van der Waals surface area contributed by atoms with Crippen LogP contribution in [0.4, 0.5) is 11.6 Å². The van der Waals surface area contributed by atoms with Crippen LogP contribution in [0, 0.1) is 12.8 Å². The lowest BCUT2D eigenvalue weighted by Crippen LogP contribution is -2.30. The van der Waals surface area contributed by atoms with Crippen LogP contribution in [-0.2, 0) is 12.8 Å². The summed E-state index contributed by atoms with van der Waals surface area (Å²) in [7, 11) is 0. The highest BCUT2D eigenvalue weighted by Gasteiger charge is 2.16. The lowest BCUT2D eigenvalue weighted by atomic mass is 10.0. The van der Waals surface area contributed by atoms with Gasteiger partial charge in [-0.2, -0.15) is 5.10 Å². The van der Waals surface area contributed by atoms with E-state index in [4.69, 9.17) is 15.8 Å². The summed E-state index contributed by atoms with van der Waals surface area (Å²) in [6.45, 7) is 8.81. The van der Waals surface area contributed by atoms with Gasteiger partial charge in [-0.05, 0) is 43.2 Å². The second kappa shape index (κ2) is 8.98. The third-order valence-corrected chi connectivity index (χ3v) is 5.96. The van der Waals surface area contributed by atoms with E-state index in [0.29, 0.717) is 17.4 Å². The largest absolute Gasteiger partial charge is 0.380 e. The fourth-order valence-electron chi connectivity index (χ4n) is 4.48. The van der Waals surface area contributed by atoms with Crippen LogP contribution < -0.4 is 10.6 Å². The Balaban J connectivity index is 1.57. The van der Waals surface area contributed by atoms with Crippen molar-refractivity contribution in [1.29, 1.82) is 0 Å². The summed E-state index contributed by atoms with van der Waals surface area (Å²) >= 11 is 0. The molecule has 4 heterocycles. The number of pyridine rings is 1. The third-order valence-electron chi connectivity index (χ3n) is 5.96. The van der Waals surface area contributed by atoms with Gasteiger partial charge in [-0.15, -0.1) is 0 Å². The molecule has 0 spiro atoms. The molecule has 1 unspecified atom stereocenters. The highest BCUT2D eigenvalue weighted by molar-refractivity contribution is 5.59. The summed E-state index contributed by atoms with van der Waals surface area (Å²) in [6, 6.07) is 2.24. The van der Waals surface area contributed by atoms with Gasteiger partial charge in [-0.25, -0.2) is 19.5 Å². The number of hydrogen-bond donors (Lipinski definition) is 1. The van der Waals surface area contributed by atoms with E-state index >= 15 is 0 Å². The first-order valence-electron chi connectivity index (χ1n) is 11.2. The van der Waals surface area contributed by atoms with Crippen molar-refractivity contribution < 1.29 is 0 Å². The molecule has 30 heavy (non-hydrogen) atoms. The van der Waals surface area contributed by atoms with Crippen molar-refractivity contribution in [2.45, 2.75) is 65.7 Å². The van der Waals surface area contributed by atoms with Gasteiger partial charge < -0.3 is 10.6 Å². The maximum absolute atomic E-state index is 6.19. The van der Waals surface area contributed by atoms with E-state index in [1.807, 2.05) is 16.9 Å². The van der Waals surface area contributed by atoms with Crippen molar-refractivity contribution in [3.05, 3.63) is 41.1 Å². The molecule has 1 aliphatic rings. The van der Waals surface area contributed by atoms with Crippen LogP contribution in [0.25, 0.3) is 5.65 Å². The van der Waals surface area contributed by atoms with Gasteiger partial charge in [0.25, 0.3) is 0 Å². The molecule has 0 amide bonds. The summed E-state index contributed by atoms with van der Waals surface area (Å²) in [5.74, 6) is 2.89. The average Bonchev–Trinajstić information content (AvgIpc) is 3.12. The number of nitrogens with two attached hydrogens (primary N) is 1. The van der Waals surface area contributed by atoms with Crippen LogP contribution in [0.5, 0.6) is 0 Å². The highest BCUT2D eigenvalue weighted by Crippen LogP contribution is 2.23. The molecular formula is C23H33N7. The molecule has 2 N–H and O–H groups in total. The number of imidazole rings is 1. The molecule has 0 aromatic carbocycles. The quantitative estimate of drug-likeness (QED) is 0.638. The van der Waals surface area contributed by atoms with Gasteiger partial charge in [0, 0.05) is 32.1 Å². The number of aromatic nitrogens is 5. The molecule has 160 valence electrons. The van der Waals surface area contributed by atoms with Crippen LogP contribution in [0.1, 0.15) is 68.6 Å². The minimum atomic E-state index is 0.449. The Kier molecular flexibility index (Phi) is 6.16. The second-order valence-electron chi connectivity index (χ2n) is 8.70. The number of fused-ring (bicyclic) bond motifs is 1. The Bertz CT molecular complexity index is 1000. The van der Waals surface area contributed by atoms with Crippen molar-refractivity contribution in [2.75, 3.05) is 23.7 Å². The van der Waals surface area contributed by atoms with E-state index in [0.717, 1.165) is 61.7 Å². The summed E-state index contributed by atoms with van der Waals surface area (Å²) < 4.78 is 1.87. The van der Waals surface area contributed by atoms with Crippen LogP contribution in [-0.4, -0.2) is 37.7 Å². The number of hydrogen-bond acceptors (Lipinski definition) is 6. The van der Waals surface area contributed by atoms with E-state index in [9.17, 15) is 0 Å². The molecule has 1 fully saturated rings. The van der Waals surface area contributed by atoms with Gasteiger partial charge in [0.1, 0.15) is 5.82 Å². The predicted octanol–water partition coefficient (Wildman–Crippen LogP) is 3.97. The molecule has 4 rings (SSSR count). The molecule has 0 radical (unpaired) electrons. The van der Waals surface area contributed by atoms with Gasteiger partial charge in [-0.1, -0.05) is 32.8 Å². The molecule has 1 saturated heterocycles. The smallest absolute Gasteiger partial charge is 0.196 e. The molecule has 7 heteroatoms. The van der Waals surface area contributed by atoms with Gasteiger partial charge in [0.05, 0.1) is 11.9 Å². The third kappa shape index (κ3) is 4.40. The predicted molar refractivity (Wildman–Crippen MR) is 121 cm³/mol. The van der Waals surface area contributed by atoms with E-state index in [-0.39, 0.29) is 0 Å². The zero-order valence-electron chi connectivity index (χ0n) is 18.4. The van der Waals surface area contributed by atoms with Crippen molar-refractivity contribution in [3.8, 4) is 0 Å². The number of piperidine rings is 1. The Morgan fingerprint density at radius 2 is 1.93 bits per heavy atom. The SMILES string of the molecule is CCCC(C)Cc1nc(N)c2ncc(Cc3cnc(N4CCCCC4)c(C)c3)n2n1. The first kappa shape index (κ1) is 20.6. The fourth-order valence-corrected chi connectivity index (χ4v) is 4.48. The van der Waals surface area contributed by atoms with Crippen molar-refractivity contribution in [3.63, 3.8) is 0 Å². The maximum Gasteiger partial charge on any atom is 0.196 e. The Hall–Kier alpha value is -2.70.